The second-order valence-corrected chi connectivity index (χ2v) is 3.89. The van der Waals surface area contributed by atoms with Gasteiger partial charge in [-0.3, -0.25) is 4.57 Å². The molecule has 4 nitrogen and oxygen atoms in total. The lowest BCUT2D eigenvalue weighted by Gasteiger charge is -2.06. The maximum Gasteiger partial charge on any atom is 0.205 e. The average Bonchev–Trinajstić information content (AvgIpc) is 2.66. The van der Waals surface area contributed by atoms with E-state index < -0.39 is 0 Å². The van der Waals surface area contributed by atoms with Gasteiger partial charge in [-0.1, -0.05) is 12.1 Å². The first-order chi connectivity index (χ1) is 8.25. The van der Waals surface area contributed by atoms with Crippen LogP contribution in [0.2, 0.25) is 0 Å². The van der Waals surface area contributed by atoms with Crippen LogP contribution in [0.3, 0.4) is 0 Å². The highest BCUT2D eigenvalue weighted by molar-refractivity contribution is 5.85. The van der Waals surface area contributed by atoms with Crippen molar-refractivity contribution in [3.8, 4) is 5.69 Å². The van der Waals surface area contributed by atoms with Crippen molar-refractivity contribution in [3.63, 3.8) is 0 Å². The minimum absolute atomic E-state index is 0. The third kappa shape index (κ3) is 1.87. The number of imidazole rings is 1. The first-order valence-corrected chi connectivity index (χ1v) is 5.34. The Bertz CT molecular complexity index is 673. The molecule has 0 radical (unpaired) electrons. The summed E-state index contributed by atoms with van der Waals surface area (Å²) in [5, 5.41) is 0. The standard InChI is InChI=1S/C13H12N4.ClH/c14-9-5-7-10(8-6-9)17-12-4-2-1-3-11(12)16-13(17)15;/h1-8H,14H2,(H2,15,16);1H. The molecule has 4 N–H and O–H groups in total. The van der Waals surface area contributed by atoms with Gasteiger partial charge in [-0.2, -0.15) is 0 Å². The summed E-state index contributed by atoms with van der Waals surface area (Å²) in [5.74, 6) is 0.482. The summed E-state index contributed by atoms with van der Waals surface area (Å²) in [5.41, 5.74) is 15.2. The molecule has 0 unspecified atom stereocenters. The summed E-state index contributed by atoms with van der Waals surface area (Å²) in [6.45, 7) is 0. The highest BCUT2D eigenvalue weighted by atomic mass is 35.5. The molecule has 0 aliphatic rings. The minimum atomic E-state index is 0. The van der Waals surface area contributed by atoms with Gasteiger partial charge in [0.25, 0.3) is 0 Å². The molecule has 0 fully saturated rings. The molecule has 0 bridgehead atoms. The van der Waals surface area contributed by atoms with E-state index in [1.165, 1.54) is 0 Å². The number of nitrogen functional groups attached to an aromatic ring is 2. The van der Waals surface area contributed by atoms with Gasteiger partial charge >= 0.3 is 0 Å². The van der Waals surface area contributed by atoms with E-state index in [1.807, 2.05) is 53.1 Å². The topological polar surface area (TPSA) is 69.9 Å². The summed E-state index contributed by atoms with van der Waals surface area (Å²) < 4.78 is 1.91. The van der Waals surface area contributed by atoms with Gasteiger partial charge in [-0.25, -0.2) is 4.98 Å². The Labute approximate surface area is 111 Å². The second-order valence-electron chi connectivity index (χ2n) is 3.89. The third-order valence-corrected chi connectivity index (χ3v) is 2.74. The van der Waals surface area contributed by atoms with Crippen molar-refractivity contribution in [2.24, 2.45) is 0 Å². The first kappa shape index (κ1) is 12.3. The first-order valence-electron chi connectivity index (χ1n) is 5.34. The lowest BCUT2D eigenvalue weighted by molar-refractivity contribution is 1.11. The SMILES string of the molecule is Cl.Nc1ccc(-n2c(N)nc3ccccc32)cc1. The largest absolute Gasteiger partial charge is 0.399 e. The number of benzene rings is 2. The smallest absolute Gasteiger partial charge is 0.205 e. The van der Waals surface area contributed by atoms with Gasteiger partial charge in [0, 0.05) is 11.4 Å². The molecule has 18 heavy (non-hydrogen) atoms. The maximum atomic E-state index is 5.94. The van der Waals surface area contributed by atoms with Crippen molar-refractivity contribution in [2.75, 3.05) is 11.5 Å². The lowest BCUT2D eigenvalue weighted by Crippen LogP contribution is -2.00. The number of aromatic nitrogens is 2. The molecule has 0 spiro atoms. The van der Waals surface area contributed by atoms with Crippen molar-refractivity contribution in [1.29, 1.82) is 0 Å². The van der Waals surface area contributed by atoms with Crippen LogP contribution in [-0.4, -0.2) is 9.55 Å². The highest BCUT2D eigenvalue weighted by Crippen LogP contribution is 2.23. The van der Waals surface area contributed by atoms with Crippen LogP contribution in [0.1, 0.15) is 0 Å². The molecule has 1 heterocycles. The zero-order valence-corrected chi connectivity index (χ0v) is 10.4. The summed E-state index contributed by atoms with van der Waals surface area (Å²) in [6.07, 6.45) is 0. The summed E-state index contributed by atoms with van der Waals surface area (Å²) in [7, 11) is 0. The van der Waals surface area contributed by atoms with Crippen LogP contribution < -0.4 is 11.5 Å². The zero-order valence-electron chi connectivity index (χ0n) is 9.58. The molecule has 3 aromatic rings. The van der Waals surface area contributed by atoms with Gasteiger partial charge in [-0.05, 0) is 36.4 Å². The number of nitrogens with zero attached hydrogens (tertiary/aromatic N) is 2. The predicted octanol–water partition coefficient (Wildman–Crippen LogP) is 2.61. The Kier molecular flexibility index (Phi) is 3.12. The highest BCUT2D eigenvalue weighted by Gasteiger charge is 2.08. The molecule has 92 valence electrons. The third-order valence-electron chi connectivity index (χ3n) is 2.74. The molecule has 5 heteroatoms. The molecule has 1 aromatic heterocycles. The summed E-state index contributed by atoms with van der Waals surface area (Å²) in [4.78, 5) is 4.32. The van der Waals surface area contributed by atoms with E-state index in [-0.39, 0.29) is 12.4 Å². The van der Waals surface area contributed by atoms with E-state index in [9.17, 15) is 0 Å². The number of anilines is 2. The van der Waals surface area contributed by atoms with Gasteiger partial charge in [0.15, 0.2) is 0 Å². The zero-order chi connectivity index (χ0) is 11.8. The Morgan fingerprint density at radius 2 is 1.56 bits per heavy atom. The molecule has 2 aromatic carbocycles. The number of fused-ring (bicyclic) bond motifs is 1. The molecule has 0 amide bonds. The quantitative estimate of drug-likeness (QED) is 0.661. The van der Waals surface area contributed by atoms with Crippen LogP contribution in [0.15, 0.2) is 48.5 Å². The summed E-state index contributed by atoms with van der Waals surface area (Å²) in [6, 6.07) is 15.4. The normalized spacial score (nSPS) is 10.2. The lowest BCUT2D eigenvalue weighted by atomic mass is 10.2. The van der Waals surface area contributed by atoms with Gasteiger partial charge in [0.05, 0.1) is 11.0 Å². The average molecular weight is 261 g/mol. The molecule has 0 aliphatic carbocycles. The van der Waals surface area contributed by atoms with Crippen molar-refractivity contribution in [1.82, 2.24) is 9.55 Å². The van der Waals surface area contributed by atoms with E-state index in [2.05, 4.69) is 4.98 Å². The minimum Gasteiger partial charge on any atom is -0.399 e. The van der Waals surface area contributed by atoms with Crippen LogP contribution in [0.5, 0.6) is 0 Å². The van der Waals surface area contributed by atoms with Gasteiger partial charge in [0.2, 0.25) is 5.95 Å². The van der Waals surface area contributed by atoms with Gasteiger partial charge in [-0.15, -0.1) is 12.4 Å². The fourth-order valence-corrected chi connectivity index (χ4v) is 1.94. The maximum absolute atomic E-state index is 5.94. The number of halogens is 1. The van der Waals surface area contributed by atoms with E-state index in [0.29, 0.717) is 5.95 Å². The molecule has 0 saturated carbocycles. The number of hydrogen-bond acceptors (Lipinski definition) is 3. The predicted molar refractivity (Wildman–Crippen MR) is 77.1 cm³/mol. The molecule has 3 rings (SSSR count). The van der Waals surface area contributed by atoms with Crippen molar-refractivity contribution < 1.29 is 0 Å². The number of rotatable bonds is 1. The monoisotopic (exact) mass is 260 g/mol. The van der Waals surface area contributed by atoms with Crippen molar-refractivity contribution in [2.45, 2.75) is 0 Å². The van der Waals surface area contributed by atoms with E-state index >= 15 is 0 Å². The molecule has 0 saturated heterocycles. The van der Waals surface area contributed by atoms with Crippen LogP contribution in [-0.2, 0) is 0 Å². The van der Waals surface area contributed by atoms with Crippen LogP contribution >= 0.6 is 12.4 Å². The second kappa shape index (κ2) is 4.58. The fourth-order valence-electron chi connectivity index (χ4n) is 1.94. The number of nitrogens with two attached hydrogens (primary N) is 2. The molecule has 0 aliphatic heterocycles. The van der Waals surface area contributed by atoms with Gasteiger partial charge in [0.1, 0.15) is 0 Å². The van der Waals surface area contributed by atoms with Gasteiger partial charge < -0.3 is 11.5 Å². The molecular weight excluding hydrogens is 248 g/mol. The fraction of sp³-hybridized carbons (Fsp3) is 0. The van der Waals surface area contributed by atoms with Crippen LogP contribution in [0.25, 0.3) is 16.7 Å². The van der Waals surface area contributed by atoms with Crippen LogP contribution in [0.4, 0.5) is 11.6 Å². The molecule has 0 atom stereocenters. The summed E-state index contributed by atoms with van der Waals surface area (Å²) >= 11 is 0. The van der Waals surface area contributed by atoms with Crippen LogP contribution in [0, 0.1) is 0 Å². The molecular formula is C13H13ClN4. The Morgan fingerprint density at radius 1 is 0.889 bits per heavy atom. The van der Waals surface area contributed by atoms with E-state index in [0.717, 1.165) is 22.4 Å². The Balaban J connectivity index is 0.00000120. The van der Waals surface area contributed by atoms with Crippen molar-refractivity contribution >= 4 is 35.1 Å². The van der Waals surface area contributed by atoms with E-state index in [1.54, 1.807) is 0 Å². The Morgan fingerprint density at radius 3 is 2.28 bits per heavy atom. The van der Waals surface area contributed by atoms with Crippen molar-refractivity contribution in [3.05, 3.63) is 48.5 Å². The Hall–Kier alpha value is -2.20. The van der Waals surface area contributed by atoms with E-state index in [4.69, 9.17) is 11.5 Å². The number of hydrogen-bond donors (Lipinski definition) is 2. The number of para-hydroxylation sites is 2.